The minimum absolute atomic E-state index is 0.528. The molecule has 1 aromatic heterocycles. The van der Waals surface area contributed by atoms with Gasteiger partial charge in [0.25, 0.3) is 0 Å². The van der Waals surface area contributed by atoms with E-state index in [4.69, 9.17) is 22.2 Å². The molecule has 25 heavy (non-hydrogen) atoms. The highest BCUT2D eigenvalue weighted by molar-refractivity contribution is 7.80. The number of thiocarbonyl (C=S) groups is 1. The number of anilines is 3. The van der Waals surface area contributed by atoms with Crippen LogP contribution in [-0.4, -0.2) is 47.8 Å². The van der Waals surface area contributed by atoms with Crippen LogP contribution in [0, 0.1) is 0 Å². The fraction of sp³-hybridized carbons (Fsp3) is 0.611. The van der Waals surface area contributed by atoms with Crippen LogP contribution in [0.25, 0.3) is 0 Å². The molecule has 6 nitrogen and oxygen atoms in total. The van der Waals surface area contributed by atoms with E-state index in [-0.39, 0.29) is 0 Å². The standard InChI is InChI=1S/C18H28N6S/c1-2-9-19-18(25)22-17-20-15(23-10-5-3-6-11-23)14-16(21-17)24-12-7-4-8-13-24/h2,14H,1,3-13H2,(H2,19,20,21,22,25). The maximum atomic E-state index is 5.32. The lowest BCUT2D eigenvalue weighted by Crippen LogP contribution is -2.34. The van der Waals surface area contributed by atoms with Gasteiger partial charge in [0, 0.05) is 38.8 Å². The van der Waals surface area contributed by atoms with Gasteiger partial charge in [0.15, 0.2) is 5.11 Å². The first kappa shape index (κ1) is 17.9. The highest BCUT2D eigenvalue weighted by Gasteiger charge is 2.19. The van der Waals surface area contributed by atoms with E-state index in [2.05, 4.69) is 33.1 Å². The zero-order valence-corrected chi connectivity index (χ0v) is 15.7. The Kier molecular flexibility index (Phi) is 6.44. The molecule has 0 amide bonds. The Morgan fingerprint density at radius 3 is 2.00 bits per heavy atom. The monoisotopic (exact) mass is 360 g/mol. The SMILES string of the molecule is C=CCNC(=S)Nc1nc(N2CCCCC2)cc(N2CCCCC2)n1. The maximum Gasteiger partial charge on any atom is 0.232 e. The van der Waals surface area contributed by atoms with Crippen molar-refractivity contribution >= 4 is 34.9 Å². The number of piperidine rings is 2. The van der Waals surface area contributed by atoms with Gasteiger partial charge >= 0.3 is 0 Å². The molecule has 2 aliphatic heterocycles. The number of nitrogens with one attached hydrogen (secondary N) is 2. The Bertz CT molecular complexity index is 557. The van der Waals surface area contributed by atoms with Crippen LogP contribution in [0.1, 0.15) is 38.5 Å². The fourth-order valence-electron chi connectivity index (χ4n) is 3.36. The first-order chi connectivity index (χ1) is 12.3. The topological polar surface area (TPSA) is 56.3 Å². The van der Waals surface area contributed by atoms with Gasteiger partial charge in [-0.05, 0) is 50.7 Å². The van der Waals surface area contributed by atoms with Crippen molar-refractivity contribution in [3.8, 4) is 0 Å². The van der Waals surface area contributed by atoms with Gasteiger partial charge < -0.3 is 20.4 Å². The first-order valence-electron chi connectivity index (χ1n) is 9.31. The van der Waals surface area contributed by atoms with Gasteiger partial charge in [-0.1, -0.05) is 6.08 Å². The zero-order valence-electron chi connectivity index (χ0n) is 14.8. The van der Waals surface area contributed by atoms with Gasteiger partial charge in [-0.25, -0.2) is 0 Å². The number of hydrogen-bond donors (Lipinski definition) is 2. The predicted molar refractivity (Wildman–Crippen MR) is 109 cm³/mol. The third kappa shape index (κ3) is 5.04. The van der Waals surface area contributed by atoms with Crippen molar-refractivity contribution in [1.82, 2.24) is 15.3 Å². The van der Waals surface area contributed by atoms with Gasteiger partial charge in [0.1, 0.15) is 11.6 Å². The first-order valence-corrected chi connectivity index (χ1v) is 9.72. The largest absolute Gasteiger partial charge is 0.359 e. The van der Waals surface area contributed by atoms with Crippen LogP contribution in [0.15, 0.2) is 18.7 Å². The minimum atomic E-state index is 0.528. The Hall–Kier alpha value is -1.89. The molecule has 7 heteroatoms. The van der Waals surface area contributed by atoms with Crippen LogP contribution >= 0.6 is 12.2 Å². The van der Waals surface area contributed by atoms with Gasteiger partial charge in [-0.3, -0.25) is 0 Å². The van der Waals surface area contributed by atoms with Gasteiger partial charge in [0.2, 0.25) is 5.95 Å². The molecule has 0 bridgehead atoms. The van der Waals surface area contributed by atoms with Crippen molar-refractivity contribution in [2.45, 2.75) is 38.5 Å². The molecule has 2 fully saturated rings. The molecule has 0 aromatic carbocycles. The summed E-state index contributed by atoms with van der Waals surface area (Å²) in [5, 5.41) is 6.73. The molecule has 0 radical (unpaired) electrons. The highest BCUT2D eigenvalue weighted by Crippen LogP contribution is 2.25. The van der Waals surface area contributed by atoms with E-state index in [1.807, 2.05) is 0 Å². The quantitative estimate of drug-likeness (QED) is 0.618. The molecule has 2 aliphatic rings. The zero-order chi connectivity index (χ0) is 17.5. The maximum absolute atomic E-state index is 5.32. The second kappa shape index (κ2) is 8.99. The van der Waals surface area contributed by atoms with E-state index >= 15 is 0 Å². The number of nitrogens with zero attached hydrogens (tertiary/aromatic N) is 4. The molecule has 0 spiro atoms. The Balaban J connectivity index is 1.81. The molecule has 3 rings (SSSR count). The van der Waals surface area contributed by atoms with E-state index in [0.29, 0.717) is 17.6 Å². The molecule has 0 unspecified atom stereocenters. The molecule has 0 saturated carbocycles. The van der Waals surface area contributed by atoms with Gasteiger partial charge in [-0.2, -0.15) is 9.97 Å². The Labute approximate surface area is 155 Å². The highest BCUT2D eigenvalue weighted by atomic mass is 32.1. The molecule has 2 N–H and O–H groups in total. The van der Waals surface area contributed by atoms with Crippen molar-refractivity contribution in [2.24, 2.45) is 0 Å². The molecular formula is C18H28N6S. The Morgan fingerprint density at radius 2 is 1.52 bits per heavy atom. The van der Waals surface area contributed by atoms with Gasteiger partial charge in [0.05, 0.1) is 0 Å². The van der Waals surface area contributed by atoms with Crippen molar-refractivity contribution in [3.05, 3.63) is 18.7 Å². The van der Waals surface area contributed by atoms with Crippen LogP contribution in [-0.2, 0) is 0 Å². The predicted octanol–water partition coefficient (Wildman–Crippen LogP) is 2.93. The van der Waals surface area contributed by atoms with Crippen molar-refractivity contribution in [3.63, 3.8) is 0 Å². The minimum Gasteiger partial charge on any atom is -0.359 e. The smallest absolute Gasteiger partial charge is 0.232 e. The fourth-order valence-corrected chi connectivity index (χ4v) is 3.53. The average molecular weight is 361 g/mol. The molecule has 0 aliphatic carbocycles. The second-order valence-corrected chi connectivity index (χ2v) is 7.04. The van der Waals surface area contributed by atoms with Gasteiger partial charge in [-0.15, -0.1) is 6.58 Å². The van der Waals surface area contributed by atoms with Crippen LogP contribution in [0.2, 0.25) is 0 Å². The third-order valence-corrected chi connectivity index (χ3v) is 4.94. The molecular weight excluding hydrogens is 332 g/mol. The summed E-state index contributed by atoms with van der Waals surface area (Å²) < 4.78 is 0. The summed E-state index contributed by atoms with van der Waals surface area (Å²) in [5.41, 5.74) is 0. The van der Waals surface area contributed by atoms with Crippen LogP contribution < -0.4 is 20.4 Å². The van der Waals surface area contributed by atoms with Crippen LogP contribution in [0.4, 0.5) is 17.6 Å². The summed E-state index contributed by atoms with van der Waals surface area (Å²) in [5.74, 6) is 2.58. The van der Waals surface area contributed by atoms with Crippen molar-refractivity contribution in [1.29, 1.82) is 0 Å². The summed E-state index contributed by atoms with van der Waals surface area (Å²) in [6, 6.07) is 2.14. The number of rotatable bonds is 5. The molecule has 2 saturated heterocycles. The summed E-state index contributed by atoms with van der Waals surface area (Å²) >= 11 is 5.32. The lowest BCUT2D eigenvalue weighted by Gasteiger charge is -2.31. The lowest BCUT2D eigenvalue weighted by atomic mass is 10.1. The molecule has 3 heterocycles. The normalized spacial score (nSPS) is 17.9. The number of aromatic nitrogens is 2. The second-order valence-electron chi connectivity index (χ2n) is 6.63. The van der Waals surface area contributed by atoms with Crippen molar-refractivity contribution < 1.29 is 0 Å². The average Bonchev–Trinajstić information content (AvgIpc) is 2.67. The summed E-state index contributed by atoms with van der Waals surface area (Å²) in [6.07, 6.45) is 9.30. The lowest BCUT2D eigenvalue weighted by molar-refractivity contribution is 0.567. The Morgan fingerprint density at radius 1 is 1.00 bits per heavy atom. The summed E-state index contributed by atoms with van der Waals surface area (Å²) in [4.78, 5) is 14.2. The number of hydrogen-bond acceptors (Lipinski definition) is 5. The van der Waals surface area contributed by atoms with E-state index in [1.165, 1.54) is 38.5 Å². The van der Waals surface area contributed by atoms with Crippen LogP contribution in [0.3, 0.4) is 0 Å². The van der Waals surface area contributed by atoms with E-state index in [0.717, 1.165) is 37.8 Å². The van der Waals surface area contributed by atoms with Crippen LogP contribution in [0.5, 0.6) is 0 Å². The van der Waals surface area contributed by atoms with Crippen molar-refractivity contribution in [2.75, 3.05) is 47.8 Å². The molecule has 0 atom stereocenters. The molecule has 136 valence electrons. The summed E-state index contributed by atoms with van der Waals surface area (Å²) in [6.45, 7) is 8.58. The summed E-state index contributed by atoms with van der Waals surface area (Å²) in [7, 11) is 0. The van der Waals surface area contributed by atoms with E-state index in [1.54, 1.807) is 6.08 Å². The molecule has 1 aromatic rings. The van der Waals surface area contributed by atoms with E-state index < -0.39 is 0 Å². The van der Waals surface area contributed by atoms with E-state index in [9.17, 15) is 0 Å². The third-order valence-electron chi connectivity index (χ3n) is 4.69.